The van der Waals surface area contributed by atoms with Crippen LogP contribution in [0.25, 0.3) is 11.3 Å². The summed E-state index contributed by atoms with van der Waals surface area (Å²) in [6.45, 7) is 5.16. The van der Waals surface area contributed by atoms with E-state index in [4.69, 9.17) is 4.74 Å². The Morgan fingerprint density at radius 1 is 1.22 bits per heavy atom. The molecule has 0 radical (unpaired) electrons. The van der Waals surface area contributed by atoms with Crippen molar-refractivity contribution in [2.75, 3.05) is 26.0 Å². The molecule has 0 fully saturated rings. The lowest BCUT2D eigenvalue weighted by Gasteiger charge is -2.17. The number of methoxy groups -OCH3 is 1. The number of nitrogens with one attached hydrogen (secondary N) is 3. The zero-order valence-electron chi connectivity index (χ0n) is 18.2. The largest absolute Gasteiger partial charge is 0.493 e. The number of hydrogen-bond donors (Lipinski definition) is 3. The summed E-state index contributed by atoms with van der Waals surface area (Å²) in [5, 5.41) is 5.93. The molecule has 0 bridgehead atoms. The predicted octanol–water partition coefficient (Wildman–Crippen LogP) is 1.97. The van der Waals surface area contributed by atoms with E-state index < -0.39 is 10.0 Å². The van der Waals surface area contributed by atoms with Gasteiger partial charge >= 0.3 is 0 Å². The third-order valence-corrected chi connectivity index (χ3v) is 6.94. The minimum absolute atomic E-state index is 0.00136. The van der Waals surface area contributed by atoms with Crippen molar-refractivity contribution in [3.8, 4) is 17.0 Å². The summed E-state index contributed by atoms with van der Waals surface area (Å²) in [5.74, 6) is 0.328. The van der Waals surface area contributed by atoms with Crippen LogP contribution in [-0.4, -0.2) is 49.6 Å². The number of anilines is 2. The lowest BCUT2D eigenvalue weighted by atomic mass is 10.1. The molecular formula is C21H24N6O4S. The van der Waals surface area contributed by atoms with Crippen LogP contribution in [0.15, 0.2) is 35.4 Å². The number of carbonyl (C=O) groups excluding carboxylic acids is 1. The lowest BCUT2D eigenvalue weighted by molar-refractivity contribution is 0.0926. The Bertz CT molecular complexity index is 1320. The fourth-order valence-corrected chi connectivity index (χ4v) is 4.95. The van der Waals surface area contributed by atoms with Crippen molar-refractivity contribution in [2.45, 2.75) is 25.3 Å². The van der Waals surface area contributed by atoms with Gasteiger partial charge in [-0.15, -0.1) is 0 Å². The molecule has 0 saturated heterocycles. The van der Waals surface area contributed by atoms with Gasteiger partial charge in [-0.05, 0) is 44.7 Å². The highest BCUT2D eigenvalue weighted by Gasteiger charge is 2.27. The number of nitrogens with zero attached hydrogens (tertiary/aromatic N) is 3. The third-order valence-electron chi connectivity index (χ3n) is 5.50. The van der Waals surface area contributed by atoms with Crippen molar-refractivity contribution in [3.05, 3.63) is 47.4 Å². The van der Waals surface area contributed by atoms with Crippen LogP contribution in [-0.2, 0) is 16.6 Å². The maximum atomic E-state index is 12.4. The monoisotopic (exact) mass is 456 g/mol. The minimum atomic E-state index is -3.72. The number of para-hydroxylation sites is 1. The number of carbonyl (C=O) groups is 1. The summed E-state index contributed by atoms with van der Waals surface area (Å²) >= 11 is 0. The zero-order valence-corrected chi connectivity index (χ0v) is 19.0. The number of sulfonamides is 1. The van der Waals surface area contributed by atoms with Crippen LogP contribution in [0.1, 0.15) is 21.7 Å². The molecule has 3 heterocycles. The Kier molecular flexibility index (Phi) is 5.61. The quantitative estimate of drug-likeness (QED) is 0.517. The van der Waals surface area contributed by atoms with Gasteiger partial charge in [0.15, 0.2) is 5.75 Å². The van der Waals surface area contributed by atoms with E-state index >= 15 is 0 Å². The van der Waals surface area contributed by atoms with Crippen LogP contribution < -0.4 is 20.1 Å². The molecule has 0 aliphatic carbocycles. The Morgan fingerprint density at radius 3 is 2.69 bits per heavy atom. The Balaban J connectivity index is 1.76. The highest BCUT2D eigenvalue weighted by atomic mass is 32.2. The normalized spacial score (nSPS) is 13.4. The van der Waals surface area contributed by atoms with Crippen LogP contribution in [0.3, 0.4) is 0 Å². The van der Waals surface area contributed by atoms with Crippen molar-refractivity contribution in [1.29, 1.82) is 0 Å². The number of rotatable bonds is 6. The summed E-state index contributed by atoms with van der Waals surface area (Å²) in [5.41, 5.74) is 4.39. The van der Waals surface area contributed by atoms with E-state index in [1.807, 2.05) is 18.4 Å². The van der Waals surface area contributed by atoms with E-state index in [-0.39, 0.29) is 22.5 Å². The highest BCUT2D eigenvalue weighted by Crippen LogP contribution is 2.35. The van der Waals surface area contributed by atoms with Gasteiger partial charge in [-0.1, -0.05) is 6.07 Å². The number of aromatic nitrogens is 3. The van der Waals surface area contributed by atoms with Crippen LogP contribution >= 0.6 is 0 Å². The van der Waals surface area contributed by atoms with Gasteiger partial charge < -0.3 is 19.9 Å². The molecule has 2 aromatic heterocycles. The Hall–Kier alpha value is -3.44. The van der Waals surface area contributed by atoms with Gasteiger partial charge in [0.2, 0.25) is 16.0 Å². The first kappa shape index (κ1) is 21.8. The number of ether oxygens (including phenoxy) is 1. The number of hydrogen-bond acceptors (Lipinski definition) is 7. The summed E-state index contributed by atoms with van der Waals surface area (Å²) < 4.78 is 34.3. The number of benzene rings is 1. The van der Waals surface area contributed by atoms with E-state index in [9.17, 15) is 13.2 Å². The van der Waals surface area contributed by atoms with Gasteiger partial charge in [0.25, 0.3) is 5.91 Å². The fraction of sp³-hybridized carbons (Fsp3) is 0.286. The molecule has 3 aromatic rings. The average Bonchev–Trinajstić information content (AvgIpc) is 3.04. The van der Waals surface area contributed by atoms with Crippen molar-refractivity contribution in [1.82, 2.24) is 24.6 Å². The number of fused-ring (bicyclic) bond motifs is 1. The summed E-state index contributed by atoms with van der Waals surface area (Å²) in [7, 11) is -0.986. The first-order valence-electron chi connectivity index (χ1n) is 9.97. The minimum Gasteiger partial charge on any atom is -0.493 e. The van der Waals surface area contributed by atoms with E-state index in [0.717, 1.165) is 16.8 Å². The van der Waals surface area contributed by atoms with E-state index in [0.29, 0.717) is 30.2 Å². The van der Waals surface area contributed by atoms with Gasteiger partial charge in [-0.25, -0.2) is 23.1 Å². The SMILES string of the molecule is CNS(=O)(=O)c1cccc(Nc2nccc(-c3c(C)c4n(c3C)CCNC4=O)n2)c1OC. The lowest BCUT2D eigenvalue weighted by Crippen LogP contribution is -2.35. The predicted molar refractivity (Wildman–Crippen MR) is 120 cm³/mol. The van der Waals surface area contributed by atoms with Crippen LogP contribution in [0.5, 0.6) is 5.75 Å². The molecule has 4 rings (SSSR count). The second-order valence-corrected chi connectivity index (χ2v) is 9.13. The van der Waals surface area contributed by atoms with E-state index in [2.05, 4.69) is 25.3 Å². The smallest absolute Gasteiger partial charge is 0.268 e. The third kappa shape index (κ3) is 3.59. The maximum Gasteiger partial charge on any atom is 0.268 e. The second kappa shape index (κ2) is 8.24. The summed E-state index contributed by atoms with van der Waals surface area (Å²) in [6, 6.07) is 6.52. The van der Waals surface area contributed by atoms with E-state index in [1.54, 1.807) is 24.4 Å². The van der Waals surface area contributed by atoms with Crippen molar-refractivity contribution < 1.29 is 17.9 Å². The molecule has 1 amide bonds. The number of amides is 1. The Labute approximate surface area is 186 Å². The molecule has 32 heavy (non-hydrogen) atoms. The maximum absolute atomic E-state index is 12.4. The summed E-state index contributed by atoms with van der Waals surface area (Å²) in [6.07, 6.45) is 1.61. The standard InChI is InChI=1S/C21H24N6O4S/c1-12-17(13(2)27-11-10-23-20(28)18(12)27)14-8-9-24-21(25-14)26-15-6-5-7-16(19(15)31-4)32(29,30)22-3/h5-9,22H,10-11H2,1-4H3,(H,23,28)(H,24,25,26). The molecule has 1 aliphatic rings. The molecule has 0 spiro atoms. The molecule has 0 atom stereocenters. The van der Waals surface area contributed by atoms with Crippen LogP contribution in [0.4, 0.5) is 11.6 Å². The van der Waals surface area contributed by atoms with Gasteiger partial charge in [0, 0.05) is 30.5 Å². The van der Waals surface area contributed by atoms with Crippen molar-refractivity contribution in [3.63, 3.8) is 0 Å². The van der Waals surface area contributed by atoms with Crippen molar-refractivity contribution >= 4 is 27.6 Å². The van der Waals surface area contributed by atoms with Crippen LogP contribution in [0, 0.1) is 13.8 Å². The molecule has 0 unspecified atom stereocenters. The van der Waals surface area contributed by atoms with Gasteiger partial charge in [-0.2, -0.15) is 0 Å². The Morgan fingerprint density at radius 2 is 2.00 bits per heavy atom. The molecule has 11 heteroatoms. The molecular weight excluding hydrogens is 432 g/mol. The van der Waals surface area contributed by atoms with Gasteiger partial charge in [0.1, 0.15) is 10.6 Å². The van der Waals surface area contributed by atoms with Gasteiger partial charge in [0.05, 0.1) is 18.5 Å². The first-order chi connectivity index (χ1) is 15.3. The first-order valence-corrected chi connectivity index (χ1v) is 11.5. The summed E-state index contributed by atoms with van der Waals surface area (Å²) in [4.78, 5) is 21.3. The van der Waals surface area contributed by atoms with Gasteiger partial charge in [-0.3, -0.25) is 4.79 Å². The molecule has 10 nitrogen and oxygen atoms in total. The highest BCUT2D eigenvalue weighted by molar-refractivity contribution is 7.89. The van der Waals surface area contributed by atoms with E-state index in [1.165, 1.54) is 20.2 Å². The molecule has 168 valence electrons. The fourth-order valence-electron chi connectivity index (χ4n) is 4.03. The molecule has 1 aliphatic heterocycles. The zero-order chi connectivity index (χ0) is 23.0. The average molecular weight is 457 g/mol. The second-order valence-electron chi connectivity index (χ2n) is 7.28. The molecule has 3 N–H and O–H groups in total. The van der Waals surface area contributed by atoms with Crippen LogP contribution in [0.2, 0.25) is 0 Å². The van der Waals surface area contributed by atoms with Crippen molar-refractivity contribution in [2.24, 2.45) is 0 Å². The molecule has 0 saturated carbocycles. The topological polar surface area (TPSA) is 127 Å². The molecule has 1 aromatic carbocycles.